The van der Waals surface area contributed by atoms with E-state index in [1.807, 2.05) is 19.2 Å². The van der Waals surface area contributed by atoms with Gasteiger partial charge in [0.15, 0.2) is 0 Å². The molecule has 0 unspecified atom stereocenters. The van der Waals surface area contributed by atoms with Crippen LogP contribution in [0.4, 0.5) is 11.8 Å². The van der Waals surface area contributed by atoms with Gasteiger partial charge in [-0.2, -0.15) is 4.98 Å². The lowest BCUT2D eigenvalue weighted by Gasteiger charge is -2.21. The molecule has 3 aromatic heterocycles. The van der Waals surface area contributed by atoms with Crippen molar-refractivity contribution in [3.8, 4) is 10.6 Å². The smallest absolute Gasteiger partial charge is 0.225 e. The Labute approximate surface area is 219 Å². The predicted octanol–water partition coefficient (Wildman–Crippen LogP) is 2.87. The molecule has 12 heteroatoms. The highest BCUT2D eigenvalue weighted by Gasteiger charge is 2.43. The summed E-state index contributed by atoms with van der Waals surface area (Å²) >= 11 is 1.56. The van der Waals surface area contributed by atoms with Gasteiger partial charge in [-0.15, -0.1) is 11.3 Å². The molecule has 0 aromatic carbocycles. The number of thiazole rings is 1. The van der Waals surface area contributed by atoms with Gasteiger partial charge in [0.1, 0.15) is 32.3 Å². The summed E-state index contributed by atoms with van der Waals surface area (Å²) in [7, 11) is -3.30. The maximum absolute atomic E-state index is 12.2. The van der Waals surface area contributed by atoms with Gasteiger partial charge in [-0.05, 0) is 45.1 Å². The summed E-state index contributed by atoms with van der Waals surface area (Å²) in [5.74, 6) is 0.786. The number of aliphatic hydroxyl groups excluding tert-OH is 2. The number of anilines is 2. The highest BCUT2D eigenvalue weighted by atomic mass is 32.2. The Morgan fingerprint density at radius 3 is 2.57 bits per heavy atom. The zero-order valence-electron chi connectivity index (χ0n) is 20.9. The van der Waals surface area contributed by atoms with Crippen LogP contribution in [0.5, 0.6) is 0 Å². The topological polar surface area (TPSA) is 150 Å². The third kappa shape index (κ3) is 5.04. The van der Waals surface area contributed by atoms with E-state index in [1.165, 1.54) is 0 Å². The maximum atomic E-state index is 12.2. The Kier molecular flexibility index (Phi) is 6.33. The number of nitrogens with zero attached hydrogens (tertiary/aromatic N) is 4. The van der Waals surface area contributed by atoms with Crippen LogP contribution >= 0.6 is 11.3 Å². The van der Waals surface area contributed by atoms with Crippen LogP contribution in [-0.4, -0.2) is 74.4 Å². The van der Waals surface area contributed by atoms with Crippen LogP contribution in [0.1, 0.15) is 56.3 Å². The Morgan fingerprint density at radius 2 is 1.86 bits per heavy atom. The second-order valence-electron chi connectivity index (χ2n) is 10.5. The van der Waals surface area contributed by atoms with Crippen molar-refractivity contribution < 1.29 is 18.6 Å². The van der Waals surface area contributed by atoms with Crippen molar-refractivity contribution in [2.45, 2.75) is 76.2 Å². The Bertz CT molecular complexity index is 1440. The lowest BCUT2D eigenvalue weighted by molar-refractivity contribution is 0.0216. The fourth-order valence-electron chi connectivity index (χ4n) is 5.10. The number of rotatable bonds is 9. The summed E-state index contributed by atoms with van der Waals surface area (Å²) < 4.78 is 25.5. The predicted molar refractivity (Wildman–Crippen MR) is 144 cm³/mol. The zero-order valence-corrected chi connectivity index (χ0v) is 22.5. The van der Waals surface area contributed by atoms with Crippen LogP contribution in [0.15, 0.2) is 12.3 Å². The molecule has 198 valence electrons. The van der Waals surface area contributed by atoms with Gasteiger partial charge < -0.3 is 20.8 Å². The van der Waals surface area contributed by atoms with Crippen LogP contribution in [0.2, 0.25) is 0 Å². The number of nitrogens with one attached hydrogen (secondary N) is 2. The average Bonchev–Trinajstić information content (AvgIpc) is 3.79. The molecule has 0 bridgehead atoms. The largest absolute Gasteiger partial charge is 0.390 e. The molecule has 0 spiro atoms. The zero-order chi connectivity index (χ0) is 25.9. The third-order valence-corrected chi connectivity index (χ3v) is 10.4. The van der Waals surface area contributed by atoms with Gasteiger partial charge in [0, 0.05) is 29.8 Å². The fourth-order valence-corrected chi connectivity index (χ4v) is 7.39. The molecule has 3 aliphatic rings. The number of sulfone groups is 1. The molecule has 0 amide bonds. The van der Waals surface area contributed by atoms with Crippen molar-refractivity contribution in [2.75, 3.05) is 22.1 Å². The normalized spacial score (nSPS) is 26.1. The quantitative estimate of drug-likeness (QED) is 0.317. The Hall–Kier alpha value is -2.41. The molecule has 3 fully saturated rings. The minimum absolute atomic E-state index is 0.00513. The minimum Gasteiger partial charge on any atom is -0.390 e. The molecule has 0 radical (unpaired) electrons. The molecular weight excluding hydrogens is 512 g/mol. The molecule has 4 atom stereocenters. The maximum Gasteiger partial charge on any atom is 0.225 e. The van der Waals surface area contributed by atoms with Crippen LogP contribution in [0, 0.1) is 12.8 Å². The standard InChI is InChI=1S/C25H32N6O4S2/c1-3-37(34,35)11-14-10-16(22(33)21(14)32)29-23-18(12(2)27-25(31-23)28-15-6-7-15)24-30-20-17(36-24)8-9-26-19(20)13-4-5-13/h8-9,13-16,21-22,32-33H,3-7,10-11H2,1-2H3,(H2,27,28,29,31)/t14-,16-,21-,22+/m1/s1. The highest BCUT2D eigenvalue weighted by molar-refractivity contribution is 7.91. The fraction of sp³-hybridized carbons (Fsp3) is 0.600. The van der Waals surface area contributed by atoms with Crippen molar-refractivity contribution in [3.05, 3.63) is 23.7 Å². The SMILES string of the molecule is CCS(=O)(=O)C[C@H]1C[C@@H](Nc2nc(NC3CC3)nc(C)c2-c2nc3c(C4CC4)nccc3s2)[C@H](O)[C@@H]1O. The van der Waals surface area contributed by atoms with E-state index < -0.39 is 34.0 Å². The lowest BCUT2D eigenvalue weighted by Crippen LogP contribution is -2.36. The van der Waals surface area contributed by atoms with E-state index >= 15 is 0 Å². The summed E-state index contributed by atoms with van der Waals surface area (Å²) in [6.07, 6.45) is 4.30. The summed E-state index contributed by atoms with van der Waals surface area (Å²) in [5, 5.41) is 29.0. The number of aromatic nitrogens is 4. The van der Waals surface area contributed by atoms with Gasteiger partial charge in [-0.25, -0.2) is 18.4 Å². The number of hydrogen-bond acceptors (Lipinski definition) is 11. The monoisotopic (exact) mass is 544 g/mol. The van der Waals surface area contributed by atoms with E-state index in [1.54, 1.807) is 18.3 Å². The first kappa shape index (κ1) is 24.9. The van der Waals surface area contributed by atoms with Crippen LogP contribution in [-0.2, 0) is 9.84 Å². The van der Waals surface area contributed by atoms with Gasteiger partial charge >= 0.3 is 0 Å². The number of aryl methyl sites for hydroxylation is 1. The Balaban J connectivity index is 1.37. The van der Waals surface area contributed by atoms with Crippen molar-refractivity contribution in [3.63, 3.8) is 0 Å². The molecule has 3 aromatic rings. The molecule has 3 heterocycles. The van der Waals surface area contributed by atoms with Crippen LogP contribution in [0.25, 0.3) is 20.8 Å². The van der Waals surface area contributed by atoms with Crippen LogP contribution < -0.4 is 10.6 Å². The van der Waals surface area contributed by atoms with E-state index in [-0.39, 0.29) is 11.5 Å². The van der Waals surface area contributed by atoms with E-state index in [2.05, 4.69) is 15.6 Å². The number of fused-ring (bicyclic) bond motifs is 1. The molecule has 37 heavy (non-hydrogen) atoms. The van der Waals surface area contributed by atoms with Gasteiger partial charge in [0.05, 0.1) is 39.5 Å². The van der Waals surface area contributed by atoms with Gasteiger partial charge in [0.2, 0.25) is 5.95 Å². The first-order valence-corrected chi connectivity index (χ1v) is 15.6. The van der Waals surface area contributed by atoms with E-state index in [4.69, 9.17) is 15.0 Å². The average molecular weight is 545 g/mol. The number of aliphatic hydroxyl groups is 2. The summed E-state index contributed by atoms with van der Waals surface area (Å²) in [5.41, 5.74) is 3.44. The molecule has 0 saturated heterocycles. The first-order chi connectivity index (χ1) is 17.7. The molecular formula is C25H32N6O4S2. The van der Waals surface area contributed by atoms with Crippen molar-refractivity contribution >= 4 is 43.2 Å². The van der Waals surface area contributed by atoms with Crippen molar-refractivity contribution in [2.24, 2.45) is 5.92 Å². The van der Waals surface area contributed by atoms with E-state index in [0.29, 0.717) is 30.1 Å². The first-order valence-electron chi connectivity index (χ1n) is 13.0. The van der Waals surface area contributed by atoms with Crippen molar-refractivity contribution in [1.29, 1.82) is 0 Å². The molecule has 10 nitrogen and oxygen atoms in total. The summed E-state index contributed by atoms with van der Waals surface area (Å²) in [4.78, 5) is 19.1. The molecule has 6 rings (SSSR count). The van der Waals surface area contributed by atoms with Crippen LogP contribution in [0.3, 0.4) is 0 Å². The number of hydrogen-bond donors (Lipinski definition) is 4. The third-order valence-electron chi connectivity index (χ3n) is 7.55. The Morgan fingerprint density at radius 1 is 1.08 bits per heavy atom. The molecule has 0 aliphatic heterocycles. The molecule has 3 saturated carbocycles. The summed E-state index contributed by atoms with van der Waals surface area (Å²) in [6, 6.07) is 1.77. The number of pyridine rings is 1. The molecule has 4 N–H and O–H groups in total. The second-order valence-corrected chi connectivity index (χ2v) is 14.0. The van der Waals surface area contributed by atoms with Gasteiger partial charge in [-0.1, -0.05) is 6.92 Å². The minimum atomic E-state index is -3.30. The highest BCUT2D eigenvalue weighted by Crippen LogP contribution is 2.44. The van der Waals surface area contributed by atoms with Gasteiger partial charge in [-0.3, -0.25) is 4.98 Å². The lowest BCUT2D eigenvalue weighted by atomic mass is 10.1. The van der Waals surface area contributed by atoms with Gasteiger partial charge in [0.25, 0.3) is 0 Å². The second kappa shape index (κ2) is 9.40. The van der Waals surface area contributed by atoms with E-state index in [0.717, 1.165) is 57.9 Å². The van der Waals surface area contributed by atoms with E-state index in [9.17, 15) is 18.6 Å². The van der Waals surface area contributed by atoms with Crippen molar-refractivity contribution in [1.82, 2.24) is 19.9 Å². The molecule has 3 aliphatic carbocycles. The summed E-state index contributed by atoms with van der Waals surface area (Å²) in [6.45, 7) is 3.51.